The number of carbonyl (C=O) groups is 2. The second kappa shape index (κ2) is 12.2. The van der Waals surface area contributed by atoms with E-state index in [9.17, 15) is 9.59 Å². The van der Waals surface area contributed by atoms with Gasteiger partial charge in [-0.2, -0.15) is 0 Å². The number of amides is 2. The number of aromatic amines is 1. The van der Waals surface area contributed by atoms with E-state index in [1.165, 1.54) is 6.92 Å². The van der Waals surface area contributed by atoms with Crippen molar-refractivity contribution in [1.29, 1.82) is 0 Å². The van der Waals surface area contributed by atoms with E-state index in [1.807, 2.05) is 77.7 Å². The van der Waals surface area contributed by atoms with E-state index in [0.29, 0.717) is 18.3 Å². The zero-order chi connectivity index (χ0) is 29.9. The van der Waals surface area contributed by atoms with E-state index in [-0.39, 0.29) is 23.9 Å². The Morgan fingerprint density at radius 3 is 2.47 bits per heavy atom. The Bertz CT molecular complexity index is 1720. The molecule has 0 spiro atoms. The van der Waals surface area contributed by atoms with Crippen LogP contribution < -0.4 is 5.32 Å². The van der Waals surface area contributed by atoms with Crippen LogP contribution in [-0.4, -0.2) is 56.4 Å². The molecule has 3 aromatic carbocycles. The molecule has 6 rings (SSSR count). The largest absolute Gasteiger partial charge is 0.418 e. The van der Waals surface area contributed by atoms with Gasteiger partial charge in [0.2, 0.25) is 23.6 Å². The lowest BCUT2D eigenvalue weighted by atomic mass is 10.0. The number of nitrogens with one attached hydrogen (secondary N) is 2. The van der Waals surface area contributed by atoms with Crippen LogP contribution in [0, 0.1) is 0 Å². The molecule has 220 valence electrons. The summed E-state index contributed by atoms with van der Waals surface area (Å²) in [5.74, 6) is 0.880. The summed E-state index contributed by atoms with van der Waals surface area (Å²) < 4.78 is 6.24. The van der Waals surface area contributed by atoms with Crippen molar-refractivity contribution in [2.24, 2.45) is 0 Å². The van der Waals surface area contributed by atoms with Gasteiger partial charge in [-0.1, -0.05) is 56.3 Å². The predicted molar refractivity (Wildman–Crippen MR) is 167 cm³/mol. The Kier molecular flexibility index (Phi) is 8.07. The van der Waals surface area contributed by atoms with Gasteiger partial charge in [-0.3, -0.25) is 14.5 Å². The van der Waals surface area contributed by atoms with Gasteiger partial charge in [0.15, 0.2) is 0 Å². The van der Waals surface area contributed by atoms with E-state index < -0.39 is 0 Å². The monoisotopic (exact) mass is 576 g/mol. The third-order valence-electron chi connectivity index (χ3n) is 8.17. The van der Waals surface area contributed by atoms with Crippen molar-refractivity contribution in [3.05, 3.63) is 90.3 Å². The summed E-state index contributed by atoms with van der Waals surface area (Å²) in [5.41, 5.74) is 5.54. The average Bonchev–Trinajstić information content (AvgIpc) is 3.79. The zero-order valence-electron chi connectivity index (χ0n) is 24.7. The van der Waals surface area contributed by atoms with E-state index in [4.69, 9.17) is 4.42 Å². The number of fused-ring (bicyclic) bond motifs is 1. The van der Waals surface area contributed by atoms with Crippen molar-refractivity contribution < 1.29 is 14.0 Å². The van der Waals surface area contributed by atoms with Crippen molar-refractivity contribution in [2.45, 2.75) is 45.7 Å². The van der Waals surface area contributed by atoms with Crippen molar-refractivity contribution >= 4 is 28.4 Å². The van der Waals surface area contributed by atoms with Crippen LogP contribution in [-0.2, 0) is 9.59 Å². The number of benzene rings is 3. The molecule has 9 nitrogen and oxygen atoms in total. The molecule has 0 aliphatic carbocycles. The van der Waals surface area contributed by atoms with Gasteiger partial charge in [-0.15, -0.1) is 10.2 Å². The molecule has 2 aromatic heterocycles. The number of nitrogens with zero attached hydrogens (tertiary/aromatic N) is 4. The van der Waals surface area contributed by atoms with Crippen molar-refractivity contribution in [2.75, 3.05) is 25.0 Å². The van der Waals surface area contributed by atoms with Gasteiger partial charge in [0.25, 0.3) is 0 Å². The lowest BCUT2D eigenvalue weighted by Crippen LogP contribution is -2.43. The van der Waals surface area contributed by atoms with Crippen LogP contribution >= 0.6 is 0 Å². The van der Waals surface area contributed by atoms with Gasteiger partial charge in [0.05, 0.1) is 0 Å². The van der Waals surface area contributed by atoms with E-state index >= 15 is 0 Å². The first-order chi connectivity index (χ1) is 20.9. The predicted octanol–water partition coefficient (Wildman–Crippen LogP) is 6.59. The lowest BCUT2D eigenvalue weighted by Gasteiger charge is -2.34. The Morgan fingerprint density at radius 2 is 1.74 bits per heavy atom. The maximum Gasteiger partial charge on any atom is 0.247 e. The zero-order valence-corrected chi connectivity index (χ0v) is 24.7. The van der Waals surface area contributed by atoms with Gasteiger partial charge in [0.1, 0.15) is 12.1 Å². The van der Waals surface area contributed by atoms with Crippen LogP contribution in [0.2, 0.25) is 0 Å². The van der Waals surface area contributed by atoms with E-state index in [2.05, 4.69) is 45.3 Å². The van der Waals surface area contributed by atoms with Crippen LogP contribution in [0.15, 0.2) is 83.3 Å². The summed E-state index contributed by atoms with van der Waals surface area (Å²) in [7, 11) is 0. The number of likely N-dealkylation sites (tertiary alicyclic amines) is 1. The number of aromatic nitrogens is 3. The Hall–Kier alpha value is -4.76. The molecule has 1 fully saturated rings. The highest BCUT2D eigenvalue weighted by Gasteiger charge is 2.39. The quantitative estimate of drug-likeness (QED) is 0.205. The number of hydrogen-bond acceptors (Lipinski definition) is 6. The molecular formula is C34H36N6O3. The fourth-order valence-electron chi connectivity index (χ4n) is 6.02. The number of carbonyl (C=O) groups excluding carboxylic acids is 2. The van der Waals surface area contributed by atoms with Crippen LogP contribution in [0.1, 0.15) is 57.2 Å². The Labute approximate surface area is 250 Å². The third kappa shape index (κ3) is 5.81. The number of likely N-dealkylation sites (N-methyl/N-ethyl adjacent to an activating group) is 1. The number of anilines is 1. The van der Waals surface area contributed by atoms with Gasteiger partial charge in [0, 0.05) is 41.3 Å². The maximum atomic E-state index is 14.1. The average molecular weight is 577 g/mol. The minimum Gasteiger partial charge on any atom is -0.418 e. The van der Waals surface area contributed by atoms with Crippen LogP contribution in [0.3, 0.4) is 0 Å². The molecule has 1 saturated heterocycles. The molecule has 9 heteroatoms. The fourth-order valence-corrected chi connectivity index (χ4v) is 6.02. The smallest absolute Gasteiger partial charge is 0.247 e. The number of rotatable bonds is 9. The molecule has 43 heavy (non-hydrogen) atoms. The first-order valence-corrected chi connectivity index (χ1v) is 14.9. The first-order valence-electron chi connectivity index (χ1n) is 14.9. The van der Waals surface area contributed by atoms with E-state index in [1.54, 1.807) is 0 Å². The van der Waals surface area contributed by atoms with Crippen LogP contribution in [0.4, 0.5) is 5.69 Å². The minimum atomic E-state index is -0.356. The van der Waals surface area contributed by atoms with Gasteiger partial charge < -0.3 is 19.6 Å². The molecule has 2 atom stereocenters. The molecule has 1 aliphatic rings. The van der Waals surface area contributed by atoms with Gasteiger partial charge in [-0.25, -0.2) is 0 Å². The maximum absolute atomic E-state index is 14.1. The van der Waals surface area contributed by atoms with Crippen LogP contribution in [0.5, 0.6) is 0 Å². The van der Waals surface area contributed by atoms with Crippen molar-refractivity contribution in [3.8, 4) is 22.7 Å². The topological polar surface area (TPSA) is 107 Å². The molecule has 2 N–H and O–H groups in total. The molecule has 0 saturated carbocycles. The SMILES string of the molecule is CCN(CC)C(C(=O)N1CCCC1c1nnc(-c2ccc3[nH]c(-c4ccc(NC(C)=O)cc4)cc3c2)o1)c1ccccc1. The summed E-state index contributed by atoms with van der Waals surface area (Å²) >= 11 is 0. The summed E-state index contributed by atoms with van der Waals surface area (Å²) in [6, 6.07) is 25.2. The summed E-state index contributed by atoms with van der Waals surface area (Å²) in [4.78, 5) is 33.0. The highest BCUT2D eigenvalue weighted by atomic mass is 16.4. The second-order valence-electron chi connectivity index (χ2n) is 10.9. The fraction of sp³-hybridized carbons (Fsp3) is 0.294. The molecule has 2 amide bonds. The molecular weight excluding hydrogens is 540 g/mol. The van der Waals surface area contributed by atoms with Crippen molar-refractivity contribution in [3.63, 3.8) is 0 Å². The lowest BCUT2D eigenvalue weighted by molar-refractivity contribution is -0.138. The summed E-state index contributed by atoms with van der Waals surface area (Å²) in [5, 5.41) is 12.6. The molecule has 0 radical (unpaired) electrons. The molecule has 0 bridgehead atoms. The minimum absolute atomic E-state index is 0.0727. The number of hydrogen-bond donors (Lipinski definition) is 2. The molecule has 5 aromatic rings. The molecule has 2 unspecified atom stereocenters. The highest BCUT2D eigenvalue weighted by molar-refractivity contribution is 5.90. The van der Waals surface area contributed by atoms with Crippen molar-refractivity contribution in [1.82, 2.24) is 25.0 Å². The van der Waals surface area contributed by atoms with Gasteiger partial charge in [-0.05, 0) is 73.5 Å². The third-order valence-corrected chi connectivity index (χ3v) is 8.17. The van der Waals surface area contributed by atoms with Crippen LogP contribution in [0.25, 0.3) is 33.6 Å². The second-order valence-corrected chi connectivity index (χ2v) is 10.9. The Morgan fingerprint density at radius 1 is 1.00 bits per heavy atom. The number of H-pyrrole nitrogens is 1. The highest BCUT2D eigenvalue weighted by Crippen LogP contribution is 2.37. The molecule has 3 heterocycles. The van der Waals surface area contributed by atoms with E-state index in [0.717, 1.165) is 64.9 Å². The Balaban J connectivity index is 1.23. The summed E-state index contributed by atoms with van der Waals surface area (Å²) in [6.07, 6.45) is 1.67. The summed E-state index contributed by atoms with van der Waals surface area (Å²) in [6.45, 7) is 7.88. The molecule has 1 aliphatic heterocycles. The normalized spacial score (nSPS) is 15.7. The van der Waals surface area contributed by atoms with Gasteiger partial charge >= 0.3 is 0 Å². The first kappa shape index (κ1) is 28.4. The standard InChI is InChI=1S/C34H36N6O3/c1-4-39(5-2)31(24-10-7-6-8-11-24)34(42)40-19-9-12-30(40)33-38-37-32(43-33)25-15-18-28-26(20-25)21-29(36-28)23-13-16-27(17-14-23)35-22(3)41/h6-8,10-11,13-18,20-21,30-31,36H,4-5,9,12,19H2,1-3H3,(H,35,41).